The number of carbonyl (C=O) groups is 4. The monoisotopic (exact) mass is 570 g/mol. The van der Waals surface area contributed by atoms with Gasteiger partial charge in [0.15, 0.2) is 0 Å². The van der Waals surface area contributed by atoms with Crippen LogP contribution in [0.4, 0.5) is 0 Å². The highest BCUT2D eigenvalue weighted by Gasteiger charge is 2.35. The molecule has 0 rings (SSSR count). The van der Waals surface area contributed by atoms with Crippen LogP contribution in [-0.4, -0.2) is 61.5 Å². The van der Waals surface area contributed by atoms with Crippen molar-refractivity contribution < 1.29 is 43.2 Å². The highest BCUT2D eigenvalue weighted by molar-refractivity contribution is 5.86. The van der Waals surface area contributed by atoms with Crippen molar-refractivity contribution in [3.8, 4) is 0 Å². The van der Waals surface area contributed by atoms with E-state index in [1.807, 2.05) is 0 Å². The molecule has 0 saturated carbocycles. The number of ether oxygens (including phenoxy) is 4. The second kappa shape index (κ2) is 19.6. The highest BCUT2D eigenvalue weighted by Crippen LogP contribution is 2.36. The zero-order valence-corrected chi connectivity index (χ0v) is 26.0. The van der Waals surface area contributed by atoms with Gasteiger partial charge in [0.25, 0.3) is 0 Å². The van der Waals surface area contributed by atoms with E-state index in [9.17, 15) is 24.3 Å². The third kappa shape index (κ3) is 20.5. The number of hydrogen-bond acceptors (Lipinski definition) is 9. The summed E-state index contributed by atoms with van der Waals surface area (Å²) >= 11 is 0. The lowest BCUT2D eigenvalue weighted by atomic mass is 9.72. The van der Waals surface area contributed by atoms with E-state index in [2.05, 4.69) is 48.1 Å². The smallest absolute Gasteiger partial charge is 0.333 e. The average molecular weight is 571 g/mol. The fraction of sp³-hybridized carbons (Fsp3) is 0.806. The third-order valence-electron chi connectivity index (χ3n) is 6.17. The van der Waals surface area contributed by atoms with Crippen molar-refractivity contribution in [1.82, 2.24) is 0 Å². The molecule has 2 atom stereocenters. The van der Waals surface area contributed by atoms with Crippen LogP contribution in [0.15, 0.2) is 12.2 Å². The SMILES string of the molecule is C=C(C)C(=O)OCCC(O)COC(=O)CCCCCOC(=O)CCCCCOC(=O)C(CC(C)(C)C)C(C)(C)C. The summed E-state index contributed by atoms with van der Waals surface area (Å²) in [5, 5.41) is 9.79. The first-order valence-corrected chi connectivity index (χ1v) is 14.5. The fourth-order valence-corrected chi connectivity index (χ4v) is 3.74. The minimum atomic E-state index is -0.907. The molecule has 0 amide bonds. The number of hydrogen-bond donors (Lipinski definition) is 1. The van der Waals surface area contributed by atoms with E-state index in [0.29, 0.717) is 51.7 Å². The molecule has 0 radical (unpaired) electrons. The lowest BCUT2D eigenvalue weighted by molar-refractivity contribution is -0.154. The second-order valence-corrected chi connectivity index (χ2v) is 12.7. The lowest BCUT2D eigenvalue weighted by Crippen LogP contribution is -2.33. The van der Waals surface area contributed by atoms with Gasteiger partial charge in [-0.3, -0.25) is 14.4 Å². The van der Waals surface area contributed by atoms with Gasteiger partial charge in [-0.1, -0.05) is 48.1 Å². The Labute approximate surface area is 241 Å². The maximum absolute atomic E-state index is 12.6. The van der Waals surface area contributed by atoms with Crippen LogP contribution in [-0.2, 0) is 38.1 Å². The van der Waals surface area contributed by atoms with Crippen molar-refractivity contribution in [2.45, 2.75) is 119 Å². The summed E-state index contributed by atoms with van der Waals surface area (Å²) in [6, 6.07) is 0. The van der Waals surface area contributed by atoms with E-state index in [1.54, 1.807) is 0 Å². The van der Waals surface area contributed by atoms with E-state index in [-0.39, 0.29) is 60.3 Å². The van der Waals surface area contributed by atoms with E-state index in [4.69, 9.17) is 18.9 Å². The van der Waals surface area contributed by atoms with Crippen LogP contribution in [0, 0.1) is 16.7 Å². The molecular weight excluding hydrogens is 516 g/mol. The average Bonchev–Trinajstić information content (AvgIpc) is 2.83. The topological polar surface area (TPSA) is 125 Å². The van der Waals surface area contributed by atoms with Crippen LogP contribution in [0.5, 0.6) is 0 Å². The molecule has 0 saturated heterocycles. The Balaban J connectivity index is 3.80. The maximum Gasteiger partial charge on any atom is 0.333 e. The Morgan fingerprint density at radius 1 is 0.725 bits per heavy atom. The zero-order chi connectivity index (χ0) is 30.8. The van der Waals surface area contributed by atoms with Gasteiger partial charge in [0.05, 0.1) is 31.8 Å². The number of aliphatic hydroxyl groups excluding tert-OH is 1. The van der Waals surface area contributed by atoms with Crippen molar-refractivity contribution in [2.75, 3.05) is 26.4 Å². The lowest BCUT2D eigenvalue weighted by Gasteiger charge is -2.33. The predicted octanol–water partition coefficient (Wildman–Crippen LogP) is 5.71. The zero-order valence-electron chi connectivity index (χ0n) is 26.0. The summed E-state index contributed by atoms with van der Waals surface area (Å²) < 4.78 is 20.7. The summed E-state index contributed by atoms with van der Waals surface area (Å²) in [5.74, 6) is -1.49. The third-order valence-corrected chi connectivity index (χ3v) is 6.17. The summed E-state index contributed by atoms with van der Waals surface area (Å²) in [6.07, 6.45) is 4.67. The highest BCUT2D eigenvalue weighted by atomic mass is 16.5. The van der Waals surface area contributed by atoms with Gasteiger partial charge in [-0.15, -0.1) is 0 Å². The van der Waals surface area contributed by atoms with Gasteiger partial charge in [-0.05, 0) is 62.7 Å². The molecule has 9 nitrogen and oxygen atoms in total. The summed E-state index contributed by atoms with van der Waals surface area (Å²) in [5.41, 5.74) is 0.162. The molecule has 9 heteroatoms. The molecule has 0 spiro atoms. The van der Waals surface area contributed by atoms with Crippen LogP contribution in [0.3, 0.4) is 0 Å². The van der Waals surface area contributed by atoms with Gasteiger partial charge in [0, 0.05) is 24.8 Å². The van der Waals surface area contributed by atoms with E-state index >= 15 is 0 Å². The van der Waals surface area contributed by atoms with Gasteiger partial charge >= 0.3 is 23.9 Å². The van der Waals surface area contributed by atoms with Crippen molar-refractivity contribution in [2.24, 2.45) is 16.7 Å². The van der Waals surface area contributed by atoms with Gasteiger partial charge in [0.1, 0.15) is 6.61 Å². The van der Waals surface area contributed by atoms with Crippen LogP contribution in [0.1, 0.15) is 113 Å². The Morgan fingerprint density at radius 2 is 1.25 bits per heavy atom. The molecule has 232 valence electrons. The van der Waals surface area contributed by atoms with Crippen LogP contribution in [0.25, 0.3) is 0 Å². The first-order valence-electron chi connectivity index (χ1n) is 14.5. The second-order valence-electron chi connectivity index (χ2n) is 12.7. The largest absolute Gasteiger partial charge is 0.466 e. The normalized spacial score (nSPS) is 13.2. The molecule has 0 aromatic rings. The summed E-state index contributed by atoms with van der Waals surface area (Å²) in [4.78, 5) is 47.6. The van der Waals surface area contributed by atoms with Gasteiger partial charge in [-0.25, -0.2) is 4.79 Å². The van der Waals surface area contributed by atoms with E-state index in [0.717, 1.165) is 12.8 Å². The standard InChI is InChI=1S/C31H54O9/c1-23(2)28(35)39-20-17-24(32)22-40-27(34)16-12-9-13-18-37-26(33)15-11-10-14-19-38-29(36)25(31(6,7)8)21-30(3,4)5/h24-25,32H,1,9-22H2,2-8H3. The quantitative estimate of drug-likeness (QED) is 0.0848. The summed E-state index contributed by atoms with van der Waals surface area (Å²) in [7, 11) is 0. The molecular formula is C31H54O9. The molecule has 0 aliphatic carbocycles. The number of rotatable bonds is 20. The molecule has 0 aliphatic heterocycles. The number of esters is 4. The fourth-order valence-electron chi connectivity index (χ4n) is 3.74. The van der Waals surface area contributed by atoms with Gasteiger partial charge in [-0.2, -0.15) is 0 Å². The first kappa shape index (κ1) is 37.6. The van der Waals surface area contributed by atoms with Gasteiger partial charge in [0.2, 0.25) is 0 Å². The molecule has 0 aromatic heterocycles. The number of carbonyl (C=O) groups excluding carboxylic acids is 4. The Morgan fingerprint density at radius 3 is 1.75 bits per heavy atom. The Kier molecular flexibility index (Phi) is 18.4. The maximum atomic E-state index is 12.6. The minimum absolute atomic E-state index is 0.0223. The van der Waals surface area contributed by atoms with E-state index in [1.165, 1.54) is 6.92 Å². The first-order chi connectivity index (χ1) is 18.5. The summed E-state index contributed by atoms with van der Waals surface area (Å²) in [6.45, 7) is 18.1. The van der Waals surface area contributed by atoms with Gasteiger partial charge < -0.3 is 24.1 Å². The number of unbranched alkanes of at least 4 members (excludes halogenated alkanes) is 4. The Hall–Kier alpha value is -2.42. The molecule has 40 heavy (non-hydrogen) atoms. The molecule has 0 fully saturated rings. The van der Waals surface area contributed by atoms with Crippen molar-refractivity contribution in [3.05, 3.63) is 12.2 Å². The van der Waals surface area contributed by atoms with Crippen molar-refractivity contribution in [1.29, 1.82) is 0 Å². The molecule has 0 heterocycles. The minimum Gasteiger partial charge on any atom is -0.466 e. The molecule has 0 aliphatic rings. The number of aliphatic hydroxyl groups is 1. The van der Waals surface area contributed by atoms with Crippen LogP contribution >= 0.6 is 0 Å². The van der Waals surface area contributed by atoms with Crippen molar-refractivity contribution >= 4 is 23.9 Å². The molecule has 0 bridgehead atoms. The molecule has 1 N–H and O–H groups in total. The molecule has 0 aromatic carbocycles. The van der Waals surface area contributed by atoms with E-state index < -0.39 is 18.0 Å². The van der Waals surface area contributed by atoms with Crippen LogP contribution in [0.2, 0.25) is 0 Å². The predicted molar refractivity (Wildman–Crippen MR) is 153 cm³/mol. The van der Waals surface area contributed by atoms with Crippen molar-refractivity contribution in [3.63, 3.8) is 0 Å². The Bertz CT molecular complexity index is 790. The van der Waals surface area contributed by atoms with Crippen LogP contribution < -0.4 is 0 Å². The molecule has 2 unspecified atom stereocenters.